The lowest BCUT2D eigenvalue weighted by molar-refractivity contribution is 0.122. The number of nitrogens with one attached hydrogen (secondary N) is 1. The number of nitrogens with zero attached hydrogens (tertiary/aromatic N) is 5. The molecule has 1 N–H and O–H groups in total. The SMILES string of the molecule is Cc1ccc([C@@H]2[C@@H](c3ccccn3)NC(=S)N2c2ccc(N3CCOCC3)cc2)n1-c1cccnc1. The van der Waals surface area contributed by atoms with Crippen molar-refractivity contribution in [2.45, 2.75) is 19.0 Å². The van der Waals surface area contributed by atoms with Crippen LogP contribution in [0.15, 0.2) is 85.3 Å². The number of benzene rings is 1. The monoisotopic (exact) mass is 496 g/mol. The number of hydrogen-bond acceptors (Lipinski definition) is 5. The first-order valence-electron chi connectivity index (χ1n) is 12.2. The van der Waals surface area contributed by atoms with Crippen LogP contribution in [-0.2, 0) is 4.74 Å². The van der Waals surface area contributed by atoms with Crippen LogP contribution in [0.25, 0.3) is 5.69 Å². The van der Waals surface area contributed by atoms with E-state index < -0.39 is 0 Å². The van der Waals surface area contributed by atoms with Crippen LogP contribution in [0.1, 0.15) is 29.2 Å². The number of hydrogen-bond donors (Lipinski definition) is 1. The Kier molecular flexibility index (Phi) is 6.13. The maximum atomic E-state index is 5.94. The van der Waals surface area contributed by atoms with Crippen molar-refractivity contribution in [3.05, 3.63) is 102 Å². The predicted octanol–water partition coefficient (Wildman–Crippen LogP) is 4.59. The van der Waals surface area contributed by atoms with Gasteiger partial charge in [0.25, 0.3) is 0 Å². The maximum absolute atomic E-state index is 5.94. The van der Waals surface area contributed by atoms with E-state index in [1.165, 1.54) is 5.69 Å². The van der Waals surface area contributed by atoms with E-state index in [2.05, 4.69) is 80.1 Å². The standard InChI is InChI=1S/C28H28N6OS/c1-20-7-12-25(33(20)23-5-4-13-29-19-23)27-26(24-6-2-3-14-30-24)31-28(36)34(27)22-10-8-21(9-11-22)32-15-17-35-18-16-32/h2-14,19,26-27H,15-18H2,1H3,(H,31,36)/t26-,27-/m1/s1. The average Bonchev–Trinajstić information content (AvgIpc) is 3.49. The Labute approximate surface area is 216 Å². The van der Waals surface area contributed by atoms with Gasteiger partial charge in [-0.1, -0.05) is 6.07 Å². The van der Waals surface area contributed by atoms with E-state index in [1.54, 1.807) is 6.20 Å². The lowest BCUT2D eigenvalue weighted by atomic mass is 10.0. The number of thiocarbonyl (C=S) groups is 1. The zero-order chi connectivity index (χ0) is 24.5. The summed E-state index contributed by atoms with van der Waals surface area (Å²) in [4.78, 5) is 13.6. The maximum Gasteiger partial charge on any atom is 0.174 e. The molecule has 182 valence electrons. The third-order valence-corrected chi connectivity index (χ3v) is 7.23. The summed E-state index contributed by atoms with van der Waals surface area (Å²) >= 11 is 5.94. The second-order valence-corrected chi connectivity index (χ2v) is 9.45. The van der Waals surface area contributed by atoms with Gasteiger partial charge in [-0.25, -0.2) is 0 Å². The van der Waals surface area contributed by atoms with E-state index >= 15 is 0 Å². The minimum absolute atomic E-state index is 0.101. The molecule has 8 heteroatoms. The Hall–Kier alpha value is -3.75. The smallest absolute Gasteiger partial charge is 0.174 e. The van der Waals surface area contributed by atoms with Crippen molar-refractivity contribution in [1.82, 2.24) is 19.9 Å². The van der Waals surface area contributed by atoms with E-state index in [0.29, 0.717) is 5.11 Å². The molecule has 0 unspecified atom stereocenters. The zero-order valence-electron chi connectivity index (χ0n) is 20.1. The molecule has 0 spiro atoms. The molecule has 2 aliphatic rings. The average molecular weight is 497 g/mol. The molecule has 2 fully saturated rings. The van der Waals surface area contributed by atoms with Gasteiger partial charge in [0.2, 0.25) is 0 Å². The largest absolute Gasteiger partial charge is 0.378 e. The summed E-state index contributed by atoms with van der Waals surface area (Å²) < 4.78 is 7.78. The molecule has 3 aromatic heterocycles. The van der Waals surface area contributed by atoms with Crippen LogP contribution < -0.4 is 15.1 Å². The van der Waals surface area contributed by atoms with Gasteiger partial charge >= 0.3 is 0 Å². The summed E-state index contributed by atoms with van der Waals surface area (Å²) in [6.07, 6.45) is 5.53. The molecule has 6 rings (SSSR count). The Morgan fingerprint density at radius 2 is 1.69 bits per heavy atom. The fraction of sp³-hybridized carbons (Fsp3) is 0.250. The Morgan fingerprint density at radius 3 is 2.42 bits per heavy atom. The molecule has 2 atom stereocenters. The number of aromatic nitrogens is 3. The third-order valence-electron chi connectivity index (χ3n) is 6.92. The van der Waals surface area contributed by atoms with Gasteiger partial charge in [0.05, 0.1) is 36.8 Å². The molecule has 0 radical (unpaired) electrons. The van der Waals surface area contributed by atoms with Gasteiger partial charge in [0.1, 0.15) is 6.04 Å². The first-order valence-corrected chi connectivity index (χ1v) is 12.6. The van der Waals surface area contributed by atoms with E-state index in [1.807, 2.05) is 30.6 Å². The zero-order valence-corrected chi connectivity index (χ0v) is 20.9. The van der Waals surface area contributed by atoms with Crippen LogP contribution in [-0.4, -0.2) is 46.0 Å². The van der Waals surface area contributed by atoms with Crippen LogP contribution in [0.3, 0.4) is 0 Å². The van der Waals surface area contributed by atoms with Crippen molar-refractivity contribution in [3.8, 4) is 5.69 Å². The van der Waals surface area contributed by atoms with Crippen molar-refractivity contribution in [2.24, 2.45) is 0 Å². The van der Waals surface area contributed by atoms with Gasteiger partial charge < -0.3 is 24.4 Å². The van der Waals surface area contributed by atoms with Crippen molar-refractivity contribution in [3.63, 3.8) is 0 Å². The van der Waals surface area contributed by atoms with Crippen LogP contribution in [0.4, 0.5) is 11.4 Å². The highest BCUT2D eigenvalue weighted by atomic mass is 32.1. The number of anilines is 2. The van der Waals surface area contributed by atoms with Gasteiger partial charge in [-0.3, -0.25) is 9.97 Å². The van der Waals surface area contributed by atoms with Crippen molar-refractivity contribution in [1.29, 1.82) is 0 Å². The molecule has 5 heterocycles. The fourth-order valence-electron chi connectivity index (χ4n) is 5.21. The van der Waals surface area contributed by atoms with Crippen molar-refractivity contribution in [2.75, 3.05) is 36.1 Å². The van der Waals surface area contributed by atoms with E-state index in [4.69, 9.17) is 21.9 Å². The molecule has 7 nitrogen and oxygen atoms in total. The Bertz CT molecular complexity index is 1340. The summed E-state index contributed by atoms with van der Waals surface area (Å²) in [6, 6.07) is 22.9. The number of pyridine rings is 2. The van der Waals surface area contributed by atoms with E-state index in [0.717, 1.165) is 54.8 Å². The summed E-state index contributed by atoms with van der Waals surface area (Å²) in [5.74, 6) is 0. The lowest BCUT2D eigenvalue weighted by Crippen LogP contribution is -2.36. The van der Waals surface area contributed by atoms with Gasteiger partial charge in [0.15, 0.2) is 5.11 Å². The van der Waals surface area contributed by atoms with Gasteiger partial charge in [-0.05, 0) is 79.8 Å². The summed E-state index contributed by atoms with van der Waals surface area (Å²) in [6.45, 7) is 5.46. The summed E-state index contributed by atoms with van der Waals surface area (Å²) in [5.41, 5.74) is 6.49. The number of aryl methyl sites for hydroxylation is 1. The second-order valence-electron chi connectivity index (χ2n) is 9.06. The molecule has 4 aromatic rings. The first kappa shape index (κ1) is 22.7. The van der Waals surface area contributed by atoms with Crippen LogP contribution in [0.5, 0.6) is 0 Å². The van der Waals surface area contributed by atoms with Gasteiger partial charge in [0, 0.05) is 48.2 Å². The highest BCUT2D eigenvalue weighted by Gasteiger charge is 2.42. The molecule has 2 aliphatic heterocycles. The predicted molar refractivity (Wildman–Crippen MR) is 146 cm³/mol. The minimum atomic E-state index is -0.109. The molecular weight excluding hydrogens is 468 g/mol. The Balaban J connectivity index is 1.44. The lowest BCUT2D eigenvalue weighted by Gasteiger charge is -2.31. The van der Waals surface area contributed by atoms with Gasteiger partial charge in [-0.2, -0.15) is 0 Å². The molecule has 1 aromatic carbocycles. The summed E-state index contributed by atoms with van der Waals surface area (Å²) in [7, 11) is 0. The van der Waals surface area contributed by atoms with Crippen molar-refractivity contribution >= 4 is 28.7 Å². The molecule has 0 aliphatic carbocycles. The quantitative estimate of drug-likeness (QED) is 0.406. The minimum Gasteiger partial charge on any atom is -0.378 e. The van der Waals surface area contributed by atoms with Crippen LogP contribution >= 0.6 is 12.2 Å². The molecule has 0 saturated carbocycles. The number of rotatable bonds is 5. The molecule has 2 saturated heterocycles. The van der Waals surface area contributed by atoms with Crippen molar-refractivity contribution < 1.29 is 4.74 Å². The molecular formula is C28H28N6OS. The van der Waals surface area contributed by atoms with Crippen LogP contribution in [0, 0.1) is 6.92 Å². The van der Waals surface area contributed by atoms with Gasteiger partial charge in [-0.15, -0.1) is 0 Å². The topological polar surface area (TPSA) is 58.5 Å². The molecule has 0 amide bonds. The molecule has 0 bridgehead atoms. The number of morpholine rings is 1. The van der Waals surface area contributed by atoms with E-state index in [9.17, 15) is 0 Å². The highest BCUT2D eigenvalue weighted by molar-refractivity contribution is 7.80. The Morgan fingerprint density at radius 1 is 0.889 bits per heavy atom. The number of ether oxygens (including phenoxy) is 1. The van der Waals surface area contributed by atoms with E-state index in [-0.39, 0.29) is 12.1 Å². The third kappa shape index (κ3) is 4.12. The highest BCUT2D eigenvalue weighted by Crippen LogP contribution is 2.43. The van der Waals surface area contributed by atoms with Crippen LogP contribution in [0.2, 0.25) is 0 Å². The molecule has 36 heavy (non-hydrogen) atoms. The fourth-order valence-corrected chi connectivity index (χ4v) is 5.55. The normalized spacial score (nSPS) is 20.0. The summed E-state index contributed by atoms with van der Waals surface area (Å²) in [5, 5.41) is 4.26. The first-order chi connectivity index (χ1) is 17.7. The second kappa shape index (κ2) is 9.72.